The van der Waals surface area contributed by atoms with Crippen molar-refractivity contribution in [1.82, 2.24) is 15.0 Å². The van der Waals surface area contributed by atoms with Crippen molar-refractivity contribution in [3.8, 4) is 0 Å². The molecule has 0 radical (unpaired) electrons. The van der Waals surface area contributed by atoms with Gasteiger partial charge >= 0.3 is 0 Å². The van der Waals surface area contributed by atoms with Crippen LogP contribution < -0.4 is 0 Å². The molecule has 0 aliphatic heterocycles. The lowest BCUT2D eigenvalue weighted by atomic mass is 9.88. The SMILES string of the molecule is CCCn1nncc1C(O)C(CC)(CC)OC. The highest BCUT2D eigenvalue weighted by Crippen LogP contribution is 2.34. The third kappa shape index (κ3) is 2.66. The summed E-state index contributed by atoms with van der Waals surface area (Å²) in [6, 6.07) is 0. The second-order valence-corrected chi connectivity index (χ2v) is 4.26. The second kappa shape index (κ2) is 6.12. The molecule has 1 heterocycles. The zero-order valence-electron chi connectivity index (χ0n) is 11.2. The third-order valence-corrected chi connectivity index (χ3v) is 3.46. The summed E-state index contributed by atoms with van der Waals surface area (Å²) in [4.78, 5) is 0. The standard InChI is InChI=1S/C12H23N3O2/c1-5-8-15-10(9-13-14-15)11(16)12(6-2,7-3)17-4/h9,11,16H,5-8H2,1-4H3. The fourth-order valence-corrected chi connectivity index (χ4v) is 2.17. The van der Waals surface area contributed by atoms with Crippen LogP contribution in [-0.2, 0) is 11.3 Å². The molecule has 1 aromatic rings. The van der Waals surface area contributed by atoms with Gasteiger partial charge in [-0.2, -0.15) is 0 Å². The van der Waals surface area contributed by atoms with Gasteiger partial charge in [0.15, 0.2) is 0 Å². The molecule has 0 aliphatic rings. The van der Waals surface area contributed by atoms with Gasteiger partial charge in [-0.15, -0.1) is 5.10 Å². The van der Waals surface area contributed by atoms with Crippen molar-refractivity contribution in [3.05, 3.63) is 11.9 Å². The molecule has 98 valence electrons. The Labute approximate surface area is 103 Å². The van der Waals surface area contributed by atoms with Crippen molar-refractivity contribution in [2.45, 2.75) is 58.3 Å². The highest BCUT2D eigenvalue weighted by molar-refractivity contribution is 5.06. The number of aryl methyl sites for hydroxylation is 1. The Bertz CT molecular complexity index is 326. The molecule has 0 saturated carbocycles. The van der Waals surface area contributed by atoms with E-state index in [1.54, 1.807) is 18.0 Å². The largest absolute Gasteiger partial charge is 0.384 e. The summed E-state index contributed by atoms with van der Waals surface area (Å²) in [5.74, 6) is 0. The van der Waals surface area contributed by atoms with Crippen molar-refractivity contribution >= 4 is 0 Å². The summed E-state index contributed by atoms with van der Waals surface area (Å²) in [6.45, 7) is 6.87. The summed E-state index contributed by atoms with van der Waals surface area (Å²) < 4.78 is 7.29. The van der Waals surface area contributed by atoms with E-state index in [-0.39, 0.29) is 0 Å². The molecule has 0 fully saturated rings. The Morgan fingerprint density at radius 2 is 2.06 bits per heavy atom. The van der Waals surface area contributed by atoms with Crippen LogP contribution in [0.25, 0.3) is 0 Å². The van der Waals surface area contributed by atoms with Crippen LogP contribution in [0, 0.1) is 0 Å². The van der Waals surface area contributed by atoms with E-state index in [0.717, 1.165) is 31.5 Å². The van der Waals surface area contributed by atoms with Crippen LogP contribution in [0.2, 0.25) is 0 Å². The predicted octanol–water partition coefficient (Wildman–Crippen LogP) is 1.93. The molecule has 0 aliphatic carbocycles. The minimum atomic E-state index is -0.691. The Morgan fingerprint density at radius 1 is 1.41 bits per heavy atom. The van der Waals surface area contributed by atoms with Crippen LogP contribution in [0.5, 0.6) is 0 Å². The van der Waals surface area contributed by atoms with Crippen LogP contribution in [0.4, 0.5) is 0 Å². The van der Waals surface area contributed by atoms with Crippen LogP contribution in [0.15, 0.2) is 6.20 Å². The number of aromatic nitrogens is 3. The first-order valence-electron chi connectivity index (χ1n) is 6.26. The van der Waals surface area contributed by atoms with Crippen molar-refractivity contribution in [2.24, 2.45) is 0 Å². The van der Waals surface area contributed by atoms with Crippen LogP contribution >= 0.6 is 0 Å². The lowest BCUT2D eigenvalue weighted by molar-refractivity contribution is -0.112. The number of hydrogen-bond acceptors (Lipinski definition) is 4. The number of rotatable bonds is 7. The van der Waals surface area contributed by atoms with Crippen molar-refractivity contribution in [2.75, 3.05) is 7.11 Å². The highest BCUT2D eigenvalue weighted by atomic mass is 16.5. The highest BCUT2D eigenvalue weighted by Gasteiger charge is 2.37. The summed E-state index contributed by atoms with van der Waals surface area (Å²) in [6.07, 6.45) is 3.39. The van der Waals surface area contributed by atoms with Gasteiger partial charge in [0.1, 0.15) is 6.10 Å². The van der Waals surface area contributed by atoms with E-state index in [4.69, 9.17) is 4.74 Å². The molecule has 0 saturated heterocycles. The molecule has 0 aromatic carbocycles. The number of aliphatic hydroxyl groups excluding tert-OH is 1. The number of methoxy groups -OCH3 is 1. The maximum Gasteiger partial charge on any atom is 0.126 e. The van der Waals surface area contributed by atoms with E-state index in [1.807, 2.05) is 13.8 Å². The van der Waals surface area contributed by atoms with E-state index in [0.29, 0.717) is 0 Å². The van der Waals surface area contributed by atoms with Crippen molar-refractivity contribution in [1.29, 1.82) is 0 Å². The Balaban J connectivity index is 3.00. The molecule has 1 rings (SSSR count). The number of aliphatic hydroxyl groups is 1. The fourth-order valence-electron chi connectivity index (χ4n) is 2.17. The van der Waals surface area contributed by atoms with Gasteiger partial charge in [0, 0.05) is 13.7 Å². The normalized spacial score (nSPS) is 13.9. The first-order valence-corrected chi connectivity index (χ1v) is 6.26. The molecule has 0 amide bonds. The lowest BCUT2D eigenvalue weighted by Gasteiger charge is -2.35. The fraction of sp³-hybridized carbons (Fsp3) is 0.833. The summed E-state index contributed by atoms with van der Waals surface area (Å²) in [7, 11) is 1.64. The third-order valence-electron chi connectivity index (χ3n) is 3.46. The number of ether oxygens (including phenoxy) is 1. The Morgan fingerprint density at radius 3 is 2.53 bits per heavy atom. The van der Waals surface area contributed by atoms with Gasteiger partial charge in [-0.3, -0.25) is 0 Å². The zero-order chi connectivity index (χ0) is 12.9. The zero-order valence-corrected chi connectivity index (χ0v) is 11.2. The molecule has 1 atom stereocenters. The molecule has 17 heavy (non-hydrogen) atoms. The van der Waals surface area contributed by atoms with E-state index in [1.165, 1.54) is 0 Å². The van der Waals surface area contributed by atoms with Crippen LogP contribution in [0.3, 0.4) is 0 Å². The summed E-state index contributed by atoms with van der Waals surface area (Å²) >= 11 is 0. The van der Waals surface area contributed by atoms with Crippen molar-refractivity contribution < 1.29 is 9.84 Å². The van der Waals surface area contributed by atoms with E-state index in [9.17, 15) is 5.11 Å². The average molecular weight is 241 g/mol. The van der Waals surface area contributed by atoms with Gasteiger partial charge in [-0.25, -0.2) is 4.68 Å². The lowest BCUT2D eigenvalue weighted by Crippen LogP contribution is -2.38. The van der Waals surface area contributed by atoms with Gasteiger partial charge in [0.05, 0.1) is 17.5 Å². The molecule has 1 aromatic heterocycles. The van der Waals surface area contributed by atoms with E-state index in [2.05, 4.69) is 17.2 Å². The monoisotopic (exact) mass is 241 g/mol. The molecule has 1 N–H and O–H groups in total. The molecule has 5 nitrogen and oxygen atoms in total. The topological polar surface area (TPSA) is 60.2 Å². The molecule has 0 spiro atoms. The minimum absolute atomic E-state index is 0.548. The average Bonchev–Trinajstić information content (AvgIpc) is 2.80. The second-order valence-electron chi connectivity index (χ2n) is 4.26. The van der Waals surface area contributed by atoms with Gasteiger partial charge in [-0.1, -0.05) is 26.0 Å². The van der Waals surface area contributed by atoms with Gasteiger partial charge < -0.3 is 9.84 Å². The maximum absolute atomic E-state index is 10.5. The van der Waals surface area contributed by atoms with Crippen LogP contribution in [0.1, 0.15) is 51.8 Å². The molecule has 1 unspecified atom stereocenters. The smallest absolute Gasteiger partial charge is 0.126 e. The molecule has 5 heteroatoms. The summed E-state index contributed by atoms with van der Waals surface area (Å²) in [5.41, 5.74) is 0.185. The maximum atomic E-state index is 10.5. The van der Waals surface area contributed by atoms with Gasteiger partial charge in [-0.05, 0) is 19.3 Å². The minimum Gasteiger partial charge on any atom is -0.384 e. The number of nitrogens with zero attached hydrogens (tertiary/aromatic N) is 3. The first-order chi connectivity index (χ1) is 8.15. The molecular formula is C12H23N3O2. The predicted molar refractivity (Wildman–Crippen MR) is 65.6 cm³/mol. The Kier molecular flexibility index (Phi) is 5.08. The molecular weight excluding hydrogens is 218 g/mol. The summed E-state index contributed by atoms with van der Waals surface area (Å²) in [5, 5.41) is 18.4. The Hall–Kier alpha value is -0.940. The quantitative estimate of drug-likeness (QED) is 0.792. The van der Waals surface area contributed by atoms with Crippen molar-refractivity contribution in [3.63, 3.8) is 0 Å². The molecule has 0 bridgehead atoms. The van der Waals surface area contributed by atoms with Gasteiger partial charge in [0.2, 0.25) is 0 Å². The number of hydrogen-bond donors (Lipinski definition) is 1. The van der Waals surface area contributed by atoms with Crippen LogP contribution in [-0.4, -0.2) is 32.8 Å². The first kappa shape index (κ1) is 14.1. The van der Waals surface area contributed by atoms with E-state index >= 15 is 0 Å². The van der Waals surface area contributed by atoms with Gasteiger partial charge in [0.25, 0.3) is 0 Å². The van der Waals surface area contributed by atoms with E-state index < -0.39 is 11.7 Å².